The maximum atomic E-state index is 12.5. The standard InChI is InChI=1S/C19H25N5O2/c1-4-26-16-7-5-15(6-8-16)22-18(25)17-13-20-19(21-14(17)2)24-11-9-23(3)10-12-24/h5-8,13H,4,9-12H2,1-3H3,(H,22,25). The second kappa shape index (κ2) is 8.14. The number of hydrogen-bond donors (Lipinski definition) is 1. The first kappa shape index (κ1) is 18.1. The van der Waals surface area contributed by atoms with Crippen LogP contribution in [0.3, 0.4) is 0 Å². The molecule has 0 atom stereocenters. The molecule has 1 saturated heterocycles. The van der Waals surface area contributed by atoms with Crippen LogP contribution >= 0.6 is 0 Å². The van der Waals surface area contributed by atoms with E-state index >= 15 is 0 Å². The molecular weight excluding hydrogens is 330 g/mol. The van der Waals surface area contributed by atoms with Crippen LogP contribution in [0.2, 0.25) is 0 Å². The third-order valence-corrected chi connectivity index (χ3v) is 4.42. The quantitative estimate of drug-likeness (QED) is 0.887. The molecule has 1 N–H and O–H groups in total. The first-order valence-corrected chi connectivity index (χ1v) is 8.88. The molecule has 1 amide bonds. The monoisotopic (exact) mass is 355 g/mol. The van der Waals surface area contributed by atoms with Gasteiger partial charge >= 0.3 is 0 Å². The largest absolute Gasteiger partial charge is 0.494 e. The number of aromatic nitrogens is 2. The van der Waals surface area contributed by atoms with Crippen molar-refractivity contribution in [3.05, 3.63) is 41.7 Å². The predicted octanol–water partition coefficient (Wildman–Crippen LogP) is 2.19. The Kier molecular flexibility index (Phi) is 5.68. The van der Waals surface area contributed by atoms with Gasteiger partial charge in [0.15, 0.2) is 0 Å². The summed E-state index contributed by atoms with van der Waals surface area (Å²) in [5, 5.41) is 2.88. The Morgan fingerprint density at radius 2 is 1.88 bits per heavy atom. The third kappa shape index (κ3) is 4.29. The van der Waals surface area contributed by atoms with Gasteiger partial charge in [-0.15, -0.1) is 0 Å². The lowest BCUT2D eigenvalue weighted by atomic mass is 10.2. The summed E-state index contributed by atoms with van der Waals surface area (Å²) in [7, 11) is 2.11. The molecule has 138 valence electrons. The minimum absolute atomic E-state index is 0.211. The number of rotatable bonds is 5. The molecule has 0 saturated carbocycles. The molecule has 7 heteroatoms. The fourth-order valence-corrected chi connectivity index (χ4v) is 2.84. The molecule has 1 aromatic heterocycles. The van der Waals surface area contributed by atoms with Crippen LogP contribution in [0.1, 0.15) is 23.0 Å². The summed E-state index contributed by atoms with van der Waals surface area (Å²) in [5.74, 6) is 1.26. The highest BCUT2D eigenvalue weighted by Gasteiger charge is 2.18. The van der Waals surface area contributed by atoms with E-state index in [2.05, 4.69) is 32.1 Å². The van der Waals surface area contributed by atoms with E-state index in [4.69, 9.17) is 4.74 Å². The van der Waals surface area contributed by atoms with E-state index in [-0.39, 0.29) is 5.91 Å². The molecule has 0 unspecified atom stereocenters. The maximum absolute atomic E-state index is 12.5. The van der Waals surface area contributed by atoms with E-state index < -0.39 is 0 Å². The van der Waals surface area contributed by atoms with Crippen molar-refractivity contribution in [1.29, 1.82) is 0 Å². The van der Waals surface area contributed by atoms with E-state index in [0.717, 1.165) is 31.9 Å². The first-order valence-electron chi connectivity index (χ1n) is 8.88. The molecule has 1 aliphatic rings. The maximum Gasteiger partial charge on any atom is 0.259 e. The molecule has 0 radical (unpaired) electrons. The number of hydrogen-bond acceptors (Lipinski definition) is 6. The zero-order valence-corrected chi connectivity index (χ0v) is 15.5. The summed E-state index contributed by atoms with van der Waals surface area (Å²) in [5.41, 5.74) is 1.87. The number of nitrogens with one attached hydrogen (secondary N) is 1. The Morgan fingerprint density at radius 1 is 1.19 bits per heavy atom. The van der Waals surface area contributed by atoms with Crippen LogP contribution in [-0.4, -0.2) is 60.6 Å². The van der Waals surface area contributed by atoms with Gasteiger partial charge in [-0.05, 0) is 45.2 Å². The Hall–Kier alpha value is -2.67. The fourth-order valence-electron chi connectivity index (χ4n) is 2.84. The van der Waals surface area contributed by atoms with Gasteiger partial charge in [-0.3, -0.25) is 4.79 Å². The average Bonchev–Trinajstić information content (AvgIpc) is 2.64. The molecule has 26 heavy (non-hydrogen) atoms. The van der Waals surface area contributed by atoms with Crippen molar-refractivity contribution in [3.63, 3.8) is 0 Å². The Labute approximate surface area is 154 Å². The summed E-state index contributed by atoms with van der Waals surface area (Å²) < 4.78 is 5.41. The molecule has 2 aromatic rings. The molecule has 0 bridgehead atoms. The molecule has 1 aliphatic heterocycles. The topological polar surface area (TPSA) is 70.6 Å². The molecule has 1 aromatic carbocycles. The van der Waals surface area contributed by atoms with Crippen molar-refractivity contribution in [1.82, 2.24) is 14.9 Å². The minimum atomic E-state index is -0.211. The van der Waals surface area contributed by atoms with Crippen LogP contribution in [0.4, 0.5) is 11.6 Å². The summed E-state index contributed by atoms with van der Waals surface area (Å²) in [4.78, 5) is 25.9. The Morgan fingerprint density at radius 3 is 2.50 bits per heavy atom. The number of nitrogens with zero attached hydrogens (tertiary/aromatic N) is 4. The van der Waals surface area contributed by atoms with Gasteiger partial charge in [-0.2, -0.15) is 0 Å². The lowest BCUT2D eigenvalue weighted by Gasteiger charge is -2.32. The van der Waals surface area contributed by atoms with E-state index in [9.17, 15) is 4.79 Å². The fraction of sp³-hybridized carbons (Fsp3) is 0.421. The second-order valence-corrected chi connectivity index (χ2v) is 6.37. The zero-order chi connectivity index (χ0) is 18.5. The minimum Gasteiger partial charge on any atom is -0.494 e. The number of carbonyl (C=O) groups excluding carboxylic acids is 1. The van der Waals surface area contributed by atoms with Crippen molar-refractivity contribution >= 4 is 17.5 Å². The van der Waals surface area contributed by atoms with Crippen molar-refractivity contribution in [2.24, 2.45) is 0 Å². The summed E-state index contributed by atoms with van der Waals surface area (Å²) in [6.07, 6.45) is 1.61. The van der Waals surface area contributed by atoms with Crippen LogP contribution in [-0.2, 0) is 0 Å². The number of piperazine rings is 1. The molecule has 1 fully saturated rings. The summed E-state index contributed by atoms with van der Waals surface area (Å²) in [6.45, 7) is 8.16. The van der Waals surface area contributed by atoms with Crippen LogP contribution < -0.4 is 15.0 Å². The number of aryl methyl sites for hydroxylation is 1. The van der Waals surface area contributed by atoms with Crippen LogP contribution in [0.5, 0.6) is 5.75 Å². The van der Waals surface area contributed by atoms with Crippen LogP contribution in [0.25, 0.3) is 0 Å². The second-order valence-electron chi connectivity index (χ2n) is 6.37. The number of carbonyl (C=O) groups is 1. The van der Waals surface area contributed by atoms with Gasteiger partial charge in [0.05, 0.1) is 17.9 Å². The van der Waals surface area contributed by atoms with Crippen LogP contribution in [0.15, 0.2) is 30.5 Å². The van der Waals surface area contributed by atoms with Crippen molar-refractivity contribution in [2.75, 3.05) is 50.1 Å². The van der Waals surface area contributed by atoms with Gasteiger partial charge < -0.3 is 19.9 Å². The predicted molar refractivity (Wildman–Crippen MR) is 102 cm³/mol. The van der Waals surface area contributed by atoms with Crippen molar-refractivity contribution in [2.45, 2.75) is 13.8 Å². The van der Waals surface area contributed by atoms with E-state index in [1.54, 1.807) is 6.20 Å². The summed E-state index contributed by atoms with van der Waals surface area (Å²) >= 11 is 0. The van der Waals surface area contributed by atoms with E-state index in [0.29, 0.717) is 29.5 Å². The van der Waals surface area contributed by atoms with Gasteiger partial charge in [0.25, 0.3) is 5.91 Å². The number of anilines is 2. The molecule has 0 spiro atoms. The van der Waals surface area contributed by atoms with Crippen molar-refractivity contribution < 1.29 is 9.53 Å². The van der Waals surface area contributed by atoms with Gasteiger partial charge in [0.1, 0.15) is 5.75 Å². The summed E-state index contributed by atoms with van der Waals surface area (Å²) in [6, 6.07) is 7.30. The van der Waals surface area contributed by atoms with Crippen molar-refractivity contribution in [3.8, 4) is 5.75 Å². The first-order chi connectivity index (χ1) is 12.6. The van der Waals surface area contributed by atoms with Gasteiger partial charge in [-0.25, -0.2) is 9.97 Å². The highest BCUT2D eigenvalue weighted by Crippen LogP contribution is 2.18. The molecule has 0 aliphatic carbocycles. The van der Waals surface area contributed by atoms with E-state index in [1.165, 1.54) is 0 Å². The highest BCUT2D eigenvalue weighted by molar-refractivity contribution is 6.04. The average molecular weight is 355 g/mol. The Balaban J connectivity index is 1.67. The number of amides is 1. The highest BCUT2D eigenvalue weighted by atomic mass is 16.5. The Bertz CT molecular complexity index is 755. The molecular formula is C19H25N5O2. The lowest BCUT2D eigenvalue weighted by molar-refractivity contribution is 0.102. The lowest BCUT2D eigenvalue weighted by Crippen LogP contribution is -2.45. The zero-order valence-electron chi connectivity index (χ0n) is 15.5. The van der Waals surface area contributed by atoms with Gasteiger partial charge in [0.2, 0.25) is 5.95 Å². The number of benzene rings is 1. The normalized spacial score (nSPS) is 15.0. The molecule has 2 heterocycles. The van der Waals surface area contributed by atoms with Crippen LogP contribution in [0, 0.1) is 6.92 Å². The van der Waals surface area contributed by atoms with Gasteiger partial charge in [-0.1, -0.05) is 0 Å². The molecule has 3 rings (SSSR count). The smallest absolute Gasteiger partial charge is 0.259 e. The number of ether oxygens (including phenoxy) is 1. The third-order valence-electron chi connectivity index (χ3n) is 4.42. The van der Waals surface area contributed by atoms with Gasteiger partial charge in [0, 0.05) is 38.1 Å². The SMILES string of the molecule is CCOc1ccc(NC(=O)c2cnc(N3CCN(C)CC3)nc2C)cc1. The molecule has 7 nitrogen and oxygen atoms in total. The van der Waals surface area contributed by atoms with E-state index in [1.807, 2.05) is 38.1 Å². The number of likely N-dealkylation sites (N-methyl/N-ethyl adjacent to an activating group) is 1.